The van der Waals surface area contributed by atoms with Gasteiger partial charge in [0.05, 0.1) is 0 Å². The highest BCUT2D eigenvalue weighted by atomic mass is 16.5. The smallest absolute Gasteiger partial charge is 0.0484 e. The molecule has 2 heteroatoms. The number of aryl methyl sites for hydroxylation is 1. The summed E-state index contributed by atoms with van der Waals surface area (Å²) in [6.07, 6.45) is 4.74. The van der Waals surface area contributed by atoms with E-state index in [1.807, 2.05) is 13.8 Å². The Balaban J connectivity index is 0.000000544. The zero-order valence-electron chi connectivity index (χ0n) is 16.8. The molecule has 0 radical (unpaired) electrons. The Hall–Kier alpha value is -1.64. The first kappa shape index (κ1) is 23.4. The third-order valence-electron chi connectivity index (χ3n) is 3.58. The van der Waals surface area contributed by atoms with Crippen LogP contribution in [0.2, 0.25) is 0 Å². The summed E-state index contributed by atoms with van der Waals surface area (Å²) in [5.74, 6) is 0. The lowest BCUT2D eigenvalue weighted by Gasteiger charge is -2.03. The van der Waals surface area contributed by atoms with E-state index in [2.05, 4.69) is 61.5 Å². The summed E-state index contributed by atoms with van der Waals surface area (Å²) >= 11 is 0. The molecule has 0 saturated carbocycles. The van der Waals surface area contributed by atoms with E-state index in [1.54, 1.807) is 14.2 Å². The van der Waals surface area contributed by atoms with Gasteiger partial charge in [0.15, 0.2) is 0 Å². The van der Waals surface area contributed by atoms with Crippen molar-refractivity contribution in [2.24, 2.45) is 0 Å². The Bertz CT molecular complexity index is 487. The van der Waals surface area contributed by atoms with E-state index in [4.69, 9.17) is 9.47 Å². The molecular formula is C23H36O2. The molecule has 0 N–H and O–H groups in total. The Morgan fingerprint density at radius 1 is 0.680 bits per heavy atom. The van der Waals surface area contributed by atoms with Crippen LogP contribution in [0.3, 0.4) is 0 Å². The van der Waals surface area contributed by atoms with Crippen molar-refractivity contribution in [3.63, 3.8) is 0 Å². The van der Waals surface area contributed by atoms with Crippen molar-refractivity contribution >= 4 is 0 Å². The second-order valence-electron chi connectivity index (χ2n) is 5.51. The molecule has 0 atom stereocenters. The minimum Gasteiger partial charge on any atom is -0.385 e. The highest BCUT2D eigenvalue weighted by molar-refractivity contribution is 5.63. The summed E-state index contributed by atoms with van der Waals surface area (Å²) in [6.45, 7) is 7.83. The molecule has 0 unspecified atom stereocenters. The van der Waals surface area contributed by atoms with Gasteiger partial charge in [-0.15, -0.1) is 0 Å². The molecule has 0 heterocycles. The van der Waals surface area contributed by atoms with Crippen LogP contribution in [0.15, 0.2) is 54.6 Å². The van der Waals surface area contributed by atoms with E-state index >= 15 is 0 Å². The summed E-state index contributed by atoms with van der Waals surface area (Å²) in [6, 6.07) is 19.5. The Morgan fingerprint density at radius 3 is 1.68 bits per heavy atom. The maximum Gasteiger partial charge on any atom is 0.0484 e. The Kier molecular flexibility index (Phi) is 16.1. The number of rotatable bonds is 8. The maximum absolute atomic E-state index is 4.76. The minimum absolute atomic E-state index is 0.799. The van der Waals surface area contributed by atoms with E-state index < -0.39 is 0 Å². The molecule has 0 aliphatic carbocycles. The van der Waals surface area contributed by atoms with Crippen molar-refractivity contribution in [3.05, 3.63) is 60.2 Å². The number of hydrogen-bond donors (Lipinski definition) is 0. The fourth-order valence-electron chi connectivity index (χ4n) is 2.22. The molecule has 0 aromatic heterocycles. The van der Waals surface area contributed by atoms with Gasteiger partial charge in [0.1, 0.15) is 0 Å². The summed E-state index contributed by atoms with van der Waals surface area (Å²) in [7, 11) is 3.38. The fraction of sp³-hybridized carbons (Fsp3) is 0.478. The molecule has 2 nitrogen and oxygen atoms in total. The van der Waals surface area contributed by atoms with Crippen LogP contribution in [-0.2, 0) is 15.9 Å². The van der Waals surface area contributed by atoms with Crippen LogP contribution >= 0.6 is 0 Å². The van der Waals surface area contributed by atoms with Gasteiger partial charge in [-0.05, 0) is 36.0 Å². The molecule has 140 valence electrons. The normalized spacial score (nSPS) is 9.48. The van der Waals surface area contributed by atoms with Crippen molar-refractivity contribution < 1.29 is 9.47 Å². The van der Waals surface area contributed by atoms with Gasteiger partial charge in [-0.3, -0.25) is 0 Å². The summed E-state index contributed by atoms with van der Waals surface area (Å²) < 4.78 is 9.53. The van der Waals surface area contributed by atoms with E-state index in [9.17, 15) is 0 Å². The highest BCUT2D eigenvalue weighted by Gasteiger charge is 1.96. The SMILES string of the molecule is CC.CCCCc1ccc(-c2ccccc2)cc1.COCCCOC. The van der Waals surface area contributed by atoms with Crippen LogP contribution in [0.1, 0.15) is 45.6 Å². The molecule has 2 aromatic carbocycles. The lowest BCUT2D eigenvalue weighted by atomic mass is 10.0. The number of methoxy groups -OCH3 is 2. The second-order valence-corrected chi connectivity index (χ2v) is 5.51. The van der Waals surface area contributed by atoms with Gasteiger partial charge < -0.3 is 9.47 Å². The van der Waals surface area contributed by atoms with Crippen LogP contribution in [0.4, 0.5) is 0 Å². The quantitative estimate of drug-likeness (QED) is 0.516. The predicted molar refractivity (Wildman–Crippen MR) is 110 cm³/mol. The van der Waals surface area contributed by atoms with Crippen molar-refractivity contribution in [2.45, 2.75) is 46.5 Å². The van der Waals surface area contributed by atoms with E-state index in [1.165, 1.54) is 36.0 Å². The molecule has 0 aliphatic rings. The van der Waals surface area contributed by atoms with Gasteiger partial charge in [-0.1, -0.05) is 81.8 Å². The lowest BCUT2D eigenvalue weighted by molar-refractivity contribution is 0.138. The van der Waals surface area contributed by atoms with Gasteiger partial charge in [0, 0.05) is 27.4 Å². The average Bonchev–Trinajstić information content (AvgIpc) is 2.70. The predicted octanol–water partition coefficient (Wildman–Crippen LogP) is 6.39. The van der Waals surface area contributed by atoms with Gasteiger partial charge in [-0.2, -0.15) is 0 Å². The zero-order chi connectivity index (χ0) is 18.8. The first-order valence-electron chi connectivity index (χ1n) is 9.44. The first-order valence-corrected chi connectivity index (χ1v) is 9.44. The zero-order valence-corrected chi connectivity index (χ0v) is 16.8. The Labute approximate surface area is 155 Å². The molecule has 2 rings (SSSR count). The van der Waals surface area contributed by atoms with Gasteiger partial charge in [-0.25, -0.2) is 0 Å². The fourth-order valence-corrected chi connectivity index (χ4v) is 2.22. The number of ether oxygens (including phenoxy) is 2. The summed E-state index contributed by atoms with van der Waals surface area (Å²) in [4.78, 5) is 0. The van der Waals surface area contributed by atoms with Crippen LogP contribution < -0.4 is 0 Å². The second kappa shape index (κ2) is 17.2. The monoisotopic (exact) mass is 344 g/mol. The van der Waals surface area contributed by atoms with Gasteiger partial charge >= 0.3 is 0 Å². The highest BCUT2D eigenvalue weighted by Crippen LogP contribution is 2.19. The topological polar surface area (TPSA) is 18.5 Å². The molecule has 0 amide bonds. The maximum atomic E-state index is 4.76. The first-order chi connectivity index (χ1) is 12.3. The molecule has 2 aromatic rings. The van der Waals surface area contributed by atoms with Crippen LogP contribution in [0.25, 0.3) is 11.1 Å². The summed E-state index contributed by atoms with van der Waals surface area (Å²) in [5.41, 5.74) is 4.05. The molecule has 0 bridgehead atoms. The minimum atomic E-state index is 0.799. The van der Waals surface area contributed by atoms with Crippen molar-refractivity contribution in [1.82, 2.24) is 0 Å². The van der Waals surface area contributed by atoms with Crippen molar-refractivity contribution in [3.8, 4) is 11.1 Å². The number of unbranched alkanes of at least 4 members (excludes halogenated alkanes) is 1. The molecule has 0 saturated heterocycles. The van der Waals surface area contributed by atoms with Crippen LogP contribution in [0, 0.1) is 0 Å². The van der Waals surface area contributed by atoms with Crippen molar-refractivity contribution in [1.29, 1.82) is 0 Å². The van der Waals surface area contributed by atoms with Crippen LogP contribution in [-0.4, -0.2) is 27.4 Å². The molecule has 0 aliphatic heterocycles. The van der Waals surface area contributed by atoms with Gasteiger partial charge in [0.25, 0.3) is 0 Å². The largest absolute Gasteiger partial charge is 0.385 e. The third kappa shape index (κ3) is 11.5. The summed E-state index contributed by atoms with van der Waals surface area (Å²) in [5, 5.41) is 0. The number of benzene rings is 2. The lowest BCUT2D eigenvalue weighted by Crippen LogP contribution is -1.94. The van der Waals surface area contributed by atoms with Crippen LogP contribution in [0.5, 0.6) is 0 Å². The van der Waals surface area contributed by atoms with Crippen molar-refractivity contribution in [2.75, 3.05) is 27.4 Å². The Morgan fingerprint density at radius 2 is 1.20 bits per heavy atom. The van der Waals surface area contributed by atoms with E-state index in [0.717, 1.165) is 19.6 Å². The number of hydrogen-bond acceptors (Lipinski definition) is 2. The third-order valence-corrected chi connectivity index (χ3v) is 3.58. The molecular weight excluding hydrogens is 308 g/mol. The molecule has 0 spiro atoms. The van der Waals surface area contributed by atoms with E-state index in [-0.39, 0.29) is 0 Å². The standard InChI is InChI=1S/C16H18.C5H12O2.C2H6/c1-2-3-7-14-10-12-16(13-11-14)15-8-5-4-6-9-15;1-6-4-3-5-7-2;1-2/h4-6,8-13H,2-3,7H2,1H3;3-5H2,1-2H3;1-2H3. The molecule has 25 heavy (non-hydrogen) atoms. The van der Waals surface area contributed by atoms with E-state index in [0.29, 0.717) is 0 Å². The van der Waals surface area contributed by atoms with Gasteiger partial charge in [0.2, 0.25) is 0 Å². The molecule has 0 fully saturated rings. The average molecular weight is 345 g/mol.